The molecule has 16 nitrogen and oxygen atoms in total. The van der Waals surface area contributed by atoms with Crippen LogP contribution in [0.1, 0.15) is 71.2 Å². The fourth-order valence-electron chi connectivity index (χ4n) is 6.35. The Morgan fingerprint density at radius 3 is 2.23 bits per heavy atom. The maximum Gasteiger partial charge on any atom is 0.333 e. The van der Waals surface area contributed by atoms with Gasteiger partial charge in [0.05, 0.1) is 20.1 Å². The van der Waals surface area contributed by atoms with Crippen molar-refractivity contribution in [1.29, 1.82) is 0 Å². The molecule has 56 heavy (non-hydrogen) atoms. The summed E-state index contributed by atoms with van der Waals surface area (Å²) in [6, 6.07) is 16.5. The van der Waals surface area contributed by atoms with Gasteiger partial charge in [-0.05, 0) is 57.9 Å². The smallest absolute Gasteiger partial charge is 0.333 e. The number of methoxy groups -OCH3 is 1. The van der Waals surface area contributed by atoms with Crippen LogP contribution < -0.4 is 26.6 Å². The Bertz CT molecular complexity index is 1970. The van der Waals surface area contributed by atoms with Crippen LogP contribution in [0.5, 0.6) is 5.75 Å². The Morgan fingerprint density at radius 1 is 0.875 bits per heavy atom. The van der Waals surface area contributed by atoms with Gasteiger partial charge in [-0.25, -0.2) is 9.59 Å². The molecule has 2 aliphatic rings. The molecule has 16 heteroatoms. The second kappa shape index (κ2) is 18.1. The molecule has 5 atom stereocenters. The number of ether oxygens (including phenoxy) is 6. The first-order valence-electron chi connectivity index (χ1n) is 18.5. The predicted octanol–water partition coefficient (Wildman–Crippen LogP) is 2.38. The summed E-state index contributed by atoms with van der Waals surface area (Å²) in [6.07, 6.45) is -2.23. The number of carbonyl (C=O) groups is 4. The molecule has 3 aromatic rings. The predicted molar refractivity (Wildman–Crippen MR) is 201 cm³/mol. The highest BCUT2D eigenvalue weighted by Gasteiger charge is 2.56. The van der Waals surface area contributed by atoms with Crippen LogP contribution in [-0.2, 0) is 55.8 Å². The first-order valence-corrected chi connectivity index (χ1v) is 18.5. The van der Waals surface area contributed by atoms with Crippen molar-refractivity contribution in [3.8, 4) is 5.75 Å². The van der Waals surface area contributed by atoms with Crippen LogP contribution in [0.25, 0.3) is 0 Å². The van der Waals surface area contributed by atoms with Gasteiger partial charge in [0, 0.05) is 38.1 Å². The molecule has 0 radical (unpaired) electrons. The van der Waals surface area contributed by atoms with Crippen molar-refractivity contribution in [3.63, 3.8) is 0 Å². The molecule has 0 spiro atoms. The van der Waals surface area contributed by atoms with Crippen LogP contribution in [0.3, 0.4) is 0 Å². The van der Waals surface area contributed by atoms with Crippen molar-refractivity contribution >= 4 is 23.8 Å². The monoisotopic (exact) mass is 778 g/mol. The standard InChI is InChI=1S/C40H50N4O12/c1-39(2,3)56-37(49)28(22-25-10-8-7-9-11-25)42-31(46)17-16-30(45)41-20-18-33(48)52-24-29-34-35(55-40(4,5)54-34)36(53-29)43-21-19-32(47)44(38(43)50)23-26-12-14-27(51-6)15-13-26/h7-15,19,21,28-29,34-36H,16-18,20,22-24H2,1-6H3,(H,41,45)(H,42,46)/t28-,29+,34+,35+,36+/m0/s1. The number of nitrogens with zero attached hydrogens (tertiary/aromatic N) is 2. The summed E-state index contributed by atoms with van der Waals surface area (Å²) in [4.78, 5) is 77.2. The van der Waals surface area contributed by atoms with E-state index in [4.69, 9.17) is 28.4 Å². The highest BCUT2D eigenvalue weighted by Crippen LogP contribution is 2.42. The summed E-state index contributed by atoms with van der Waals surface area (Å²) in [5, 5.41) is 5.28. The Hall–Kier alpha value is -5.32. The molecule has 1 aromatic heterocycles. The normalized spacial score (nSPS) is 20.4. The zero-order valence-electron chi connectivity index (χ0n) is 32.5. The minimum absolute atomic E-state index is 0.0142. The molecule has 0 bridgehead atoms. The molecule has 2 N–H and O–H groups in total. The van der Waals surface area contributed by atoms with E-state index in [0.717, 1.165) is 10.1 Å². The molecule has 0 unspecified atom stereocenters. The van der Waals surface area contributed by atoms with Crippen molar-refractivity contribution in [2.75, 3.05) is 20.3 Å². The molecule has 0 aliphatic carbocycles. The lowest BCUT2D eigenvalue weighted by Crippen LogP contribution is -2.45. The van der Waals surface area contributed by atoms with Gasteiger partial charge in [-0.3, -0.25) is 28.3 Å². The van der Waals surface area contributed by atoms with Gasteiger partial charge in [-0.15, -0.1) is 0 Å². The summed E-state index contributed by atoms with van der Waals surface area (Å²) < 4.78 is 36.9. The zero-order valence-corrected chi connectivity index (χ0v) is 32.5. The minimum atomic E-state index is -1.03. The van der Waals surface area contributed by atoms with Gasteiger partial charge in [0.15, 0.2) is 12.0 Å². The Kier molecular flexibility index (Phi) is 13.5. The van der Waals surface area contributed by atoms with Crippen LogP contribution in [-0.4, -0.2) is 88.9 Å². The number of rotatable bonds is 16. The lowest BCUT2D eigenvalue weighted by Gasteiger charge is -2.25. The van der Waals surface area contributed by atoms with Crippen LogP contribution in [0, 0.1) is 0 Å². The summed E-state index contributed by atoms with van der Waals surface area (Å²) >= 11 is 0. The van der Waals surface area contributed by atoms with Gasteiger partial charge in [0.1, 0.15) is 42.3 Å². The molecule has 2 fully saturated rings. The van der Waals surface area contributed by atoms with Crippen LogP contribution in [0.15, 0.2) is 76.4 Å². The second-order valence-corrected chi connectivity index (χ2v) is 15.0. The number of hydrogen-bond acceptors (Lipinski definition) is 12. The quantitative estimate of drug-likeness (QED) is 0.202. The number of esters is 2. The molecule has 2 aliphatic heterocycles. The van der Waals surface area contributed by atoms with E-state index in [1.807, 2.05) is 30.3 Å². The van der Waals surface area contributed by atoms with Crippen LogP contribution in [0.2, 0.25) is 0 Å². The summed E-state index contributed by atoms with van der Waals surface area (Å²) in [7, 11) is 1.54. The fourth-order valence-corrected chi connectivity index (χ4v) is 6.35. The molecule has 2 saturated heterocycles. The number of nitrogens with one attached hydrogen (secondary N) is 2. The van der Waals surface area contributed by atoms with Gasteiger partial charge in [0.25, 0.3) is 5.56 Å². The van der Waals surface area contributed by atoms with Crippen molar-refractivity contribution in [1.82, 2.24) is 19.8 Å². The SMILES string of the molecule is COc1ccc(Cn2c(=O)ccn([C@@H]3O[C@H](COC(=O)CCNC(=O)CCC(=O)N[C@@H](Cc4ccccc4)C(=O)OC(C)(C)C)[C@H]4OC(C)(C)O[C@H]43)c2=O)cc1. The Labute approximate surface area is 324 Å². The second-order valence-electron chi connectivity index (χ2n) is 15.0. The minimum Gasteiger partial charge on any atom is -0.497 e. The van der Waals surface area contributed by atoms with E-state index in [2.05, 4.69) is 10.6 Å². The molecule has 3 heterocycles. The summed E-state index contributed by atoms with van der Waals surface area (Å²) in [5.74, 6) is -2.57. The molecular formula is C40H50N4O12. The molecule has 5 rings (SSSR count). The van der Waals surface area contributed by atoms with E-state index in [9.17, 15) is 28.8 Å². The molecule has 302 valence electrons. The van der Waals surface area contributed by atoms with E-state index in [-0.39, 0.29) is 45.4 Å². The van der Waals surface area contributed by atoms with Crippen LogP contribution in [0.4, 0.5) is 0 Å². The van der Waals surface area contributed by atoms with Gasteiger partial charge in [-0.2, -0.15) is 0 Å². The average molecular weight is 779 g/mol. The van der Waals surface area contributed by atoms with Gasteiger partial charge >= 0.3 is 17.6 Å². The zero-order chi connectivity index (χ0) is 40.6. The molecule has 2 aromatic carbocycles. The first kappa shape index (κ1) is 41.8. The summed E-state index contributed by atoms with van der Waals surface area (Å²) in [5.41, 5.74) is -0.319. The third-order valence-electron chi connectivity index (χ3n) is 8.94. The lowest BCUT2D eigenvalue weighted by atomic mass is 10.1. The van der Waals surface area contributed by atoms with Crippen molar-refractivity contribution < 1.29 is 47.6 Å². The topological polar surface area (TPSA) is 192 Å². The number of benzene rings is 2. The maximum atomic E-state index is 13.6. The van der Waals surface area contributed by atoms with Gasteiger partial charge < -0.3 is 39.1 Å². The van der Waals surface area contributed by atoms with Gasteiger partial charge in [-0.1, -0.05) is 42.5 Å². The number of fused-ring (bicyclic) bond motifs is 1. The molecular weight excluding hydrogens is 728 g/mol. The van der Waals surface area contributed by atoms with Crippen LogP contribution >= 0.6 is 0 Å². The van der Waals surface area contributed by atoms with E-state index in [1.54, 1.807) is 66.0 Å². The fraction of sp³-hybridized carbons (Fsp3) is 0.500. The number of carbonyl (C=O) groups excluding carboxylic acids is 4. The largest absolute Gasteiger partial charge is 0.497 e. The maximum absolute atomic E-state index is 13.6. The first-order chi connectivity index (χ1) is 26.5. The lowest BCUT2D eigenvalue weighted by molar-refractivity contribution is -0.203. The summed E-state index contributed by atoms with van der Waals surface area (Å²) in [6.45, 7) is 8.38. The highest BCUT2D eigenvalue weighted by atomic mass is 16.8. The average Bonchev–Trinajstić information content (AvgIpc) is 3.63. The van der Waals surface area contributed by atoms with Gasteiger partial charge in [0.2, 0.25) is 11.8 Å². The number of hydrogen-bond donors (Lipinski definition) is 2. The molecule has 0 saturated carbocycles. The third-order valence-corrected chi connectivity index (χ3v) is 8.94. The Balaban J connectivity index is 1.10. The van der Waals surface area contributed by atoms with E-state index in [1.165, 1.54) is 16.8 Å². The number of amides is 2. The van der Waals surface area contributed by atoms with E-state index in [0.29, 0.717) is 11.3 Å². The van der Waals surface area contributed by atoms with Crippen molar-refractivity contribution in [2.24, 2.45) is 0 Å². The number of aromatic nitrogens is 2. The Morgan fingerprint density at radius 2 is 1.55 bits per heavy atom. The third kappa shape index (κ3) is 11.4. The van der Waals surface area contributed by atoms with Crippen molar-refractivity contribution in [3.05, 3.63) is 98.8 Å². The highest BCUT2D eigenvalue weighted by molar-refractivity contribution is 5.87. The van der Waals surface area contributed by atoms with Crippen molar-refractivity contribution in [2.45, 2.75) is 109 Å². The van der Waals surface area contributed by atoms with E-state index >= 15 is 0 Å². The van der Waals surface area contributed by atoms with E-state index < -0.39 is 77.0 Å². The molecule has 2 amide bonds.